The Balaban J connectivity index is 1.66. The van der Waals surface area contributed by atoms with Crippen LogP contribution in [0.5, 0.6) is 0 Å². The van der Waals surface area contributed by atoms with Gasteiger partial charge in [-0.25, -0.2) is 9.78 Å². The highest BCUT2D eigenvalue weighted by Crippen LogP contribution is 2.21. The van der Waals surface area contributed by atoms with E-state index < -0.39 is 5.97 Å². The van der Waals surface area contributed by atoms with Gasteiger partial charge in [0.2, 0.25) is 0 Å². The quantitative estimate of drug-likeness (QED) is 0.802. The fourth-order valence-electron chi connectivity index (χ4n) is 3.14. The van der Waals surface area contributed by atoms with E-state index >= 15 is 0 Å². The smallest absolute Gasteiger partial charge is 0.339 e. The van der Waals surface area contributed by atoms with Crippen molar-refractivity contribution in [2.75, 3.05) is 12.4 Å². The molecule has 2 N–H and O–H groups in total. The molecule has 1 aromatic carbocycles. The van der Waals surface area contributed by atoms with Crippen molar-refractivity contribution < 1.29 is 14.3 Å². The molecule has 3 rings (SSSR count). The third kappa shape index (κ3) is 4.39. The largest absolute Gasteiger partial charge is 0.465 e. The first-order chi connectivity index (χ1) is 12.7. The molecule has 0 saturated heterocycles. The Labute approximate surface area is 153 Å². The lowest BCUT2D eigenvalue weighted by molar-refractivity contribution is 0.0601. The van der Waals surface area contributed by atoms with Crippen molar-refractivity contribution in [3.63, 3.8) is 0 Å². The van der Waals surface area contributed by atoms with Crippen LogP contribution in [0.25, 0.3) is 0 Å². The normalized spacial score (nSPS) is 14.5. The van der Waals surface area contributed by atoms with E-state index in [0.717, 1.165) is 12.8 Å². The van der Waals surface area contributed by atoms with Gasteiger partial charge in [0.05, 0.1) is 30.2 Å². The summed E-state index contributed by atoms with van der Waals surface area (Å²) in [5, 5.41) is 6.19. The second-order valence-electron chi connectivity index (χ2n) is 6.40. The SMILES string of the molecule is COC(=O)c1ccccc1Nc1ccc(C(=O)NC2CCCCC2)nc1. The predicted molar refractivity (Wildman–Crippen MR) is 99.6 cm³/mol. The number of para-hydroxylation sites is 1. The van der Waals surface area contributed by atoms with Gasteiger partial charge in [0.1, 0.15) is 5.69 Å². The van der Waals surface area contributed by atoms with E-state index in [9.17, 15) is 9.59 Å². The standard InChI is InChI=1S/C20H23N3O3/c1-26-20(25)16-9-5-6-10-17(16)22-15-11-12-18(21-13-15)19(24)23-14-7-3-2-4-8-14/h5-6,9-14,22H,2-4,7-8H2,1H3,(H,23,24). The number of pyridine rings is 1. The van der Waals surface area contributed by atoms with Crippen LogP contribution < -0.4 is 10.6 Å². The van der Waals surface area contributed by atoms with Gasteiger partial charge in [0.25, 0.3) is 5.91 Å². The molecule has 0 bridgehead atoms. The molecule has 1 heterocycles. The number of rotatable bonds is 5. The maximum absolute atomic E-state index is 12.3. The van der Waals surface area contributed by atoms with Crippen LogP contribution in [0.1, 0.15) is 53.0 Å². The Morgan fingerprint density at radius 1 is 1.08 bits per heavy atom. The number of hydrogen-bond donors (Lipinski definition) is 2. The molecule has 0 aliphatic heterocycles. The minimum Gasteiger partial charge on any atom is -0.465 e. The first kappa shape index (κ1) is 17.9. The first-order valence-electron chi connectivity index (χ1n) is 8.88. The van der Waals surface area contributed by atoms with Crippen LogP contribution in [0.3, 0.4) is 0 Å². The second kappa shape index (κ2) is 8.47. The van der Waals surface area contributed by atoms with E-state index in [4.69, 9.17) is 4.74 Å². The Hall–Kier alpha value is -2.89. The molecule has 0 radical (unpaired) electrons. The van der Waals surface area contributed by atoms with E-state index in [-0.39, 0.29) is 11.9 Å². The topological polar surface area (TPSA) is 80.3 Å². The van der Waals surface area contributed by atoms with Gasteiger partial charge >= 0.3 is 5.97 Å². The van der Waals surface area contributed by atoms with Gasteiger partial charge in [-0.15, -0.1) is 0 Å². The number of nitrogens with one attached hydrogen (secondary N) is 2. The van der Waals surface area contributed by atoms with Crippen LogP contribution in [0.15, 0.2) is 42.6 Å². The lowest BCUT2D eigenvalue weighted by Crippen LogP contribution is -2.36. The maximum Gasteiger partial charge on any atom is 0.339 e. The summed E-state index contributed by atoms with van der Waals surface area (Å²) in [7, 11) is 1.35. The van der Waals surface area contributed by atoms with Crippen molar-refractivity contribution in [2.45, 2.75) is 38.1 Å². The number of esters is 1. The number of hydrogen-bond acceptors (Lipinski definition) is 5. The highest BCUT2D eigenvalue weighted by atomic mass is 16.5. The number of ether oxygens (including phenoxy) is 1. The number of carbonyl (C=O) groups is 2. The van der Waals surface area contributed by atoms with E-state index in [1.807, 2.05) is 6.07 Å². The minimum atomic E-state index is -0.412. The zero-order valence-corrected chi connectivity index (χ0v) is 14.8. The average Bonchev–Trinajstić information content (AvgIpc) is 2.69. The summed E-state index contributed by atoms with van der Waals surface area (Å²) in [5.41, 5.74) is 2.15. The molecule has 2 aromatic rings. The predicted octanol–water partition coefficient (Wildman–Crippen LogP) is 3.67. The van der Waals surface area contributed by atoms with Gasteiger partial charge in [-0.1, -0.05) is 31.4 Å². The summed E-state index contributed by atoms with van der Waals surface area (Å²) in [6.45, 7) is 0. The minimum absolute atomic E-state index is 0.140. The van der Waals surface area contributed by atoms with E-state index in [2.05, 4.69) is 15.6 Å². The Bertz CT molecular complexity index is 768. The fourth-order valence-corrected chi connectivity index (χ4v) is 3.14. The van der Waals surface area contributed by atoms with Gasteiger partial charge < -0.3 is 15.4 Å². The lowest BCUT2D eigenvalue weighted by atomic mass is 9.95. The average molecular weight is 353 g/mol. The van der Waals surface area contributed by atoms with Crippen LogP contribution in [0.4, 0.5) is 11.4 Å². The van der Waals surface area contributed by atoms with Crippen molar-refractivity contribution in [3.8, 4) is 0 Å². The van der Waals surface area contributed by atoms with Crippen LogP contribution in [-0.2, 0) is 4.74 Å². The van der Waals surface area contributed by atoms with Crippen LogP contribution in [-0.4, -0.2) is 30.0 Å². The molecule has 136 valence electrons. The molecule has 6 heteroatoms. The molecule has 0 spiro atoms. The fraction of sp³-hybridized carbons (Fsp3) is 0.350. The summed E-state index contributed by atoms with van der Waals surface area (Å²) in [4.78, 5) is 28.4. The van der Waals surface area contributed by atoms with E-state index in [1.54, 1.807) is 36.5 Å². The monoisotopic (exact) mass is 353 g/mol. The number of anilines is 2. The number of nitrogens with zero attached hydrogens (tertiary/aromatic N) is 1. The molecular formula is C20H23N3O3. The van der Waals surface area contributed by atoms with Crippen molar-refractivity contribution >= 4 is 23.3 Å². The summed E-state index contributed by atoms with van der Waals surface area (Å²) >= 11 is 0. The van der Waals surface area contributed by atoms with Crippen molar-refractivity contribution in [1.29, 1.82) is 0 Å². The number of aromatic nitrogens is 1. The Kier molecular flexibility index (Phi) is 5.84. The Morgan fingerprint density at radius 3 is 2.54 bits per heavy atom. The second-order valence-corrected chi connectivity index (χ2v) is 6.40. The molecule has 6 nitrogen and oxygen atoms in total. The van der Waals surface area contributed by atoms with E-state index in [1.165, 1.54) is 26.4 Å². The third-order valence-corrected chi connectivity index (χ3v) is 4.55. The zero-order valence-electron chi connectivity index (χ0n) is 14.8. The molecule has 0 atom stereocenters. The molecule has 1 fully saturated rings. The van der Waals surface area contributed by atoms with Gasteiger partial charge in [0.15, 0.2) is 0 Å². The summed E-state index contributed by atoms with van der Waals surface area (Å²) in [6.07, 6.45) is 7.24. The summed E-state index contributed by atoms with van der Waals surface area (Å²) in [5.74, 6) is -0.553. The molecule has 26 heavy (non-hydrogen) atoms. The van der Waals surface area contributed by atoms with Crippen LogP contribution in [0.2, 0.25) is 0 Å². The molecule has 1 aliphatic rings. The van der Waals surface area contributed by atoms with Crippen LogP contribution >= 0.6 is 0 Å². The zero-order chi connectivity index (χ0) is 18.4. The van der Waals surface area contributed by atoms with E-state index in [0.29, 0.717) is 22.6 Å². The third-order valence-electron chi connectivity index (χ3n) is 4.55. The van der Waals surface area contributed by atoms with Gasteiger partial charge in [0, 0.05) is 6.04 Å². The molecule has 1 aliphatic carbocycles. The molecule has 1 amide bonds. The summed E-state index contributed by atoms with van der Waals surface area (Å²) < 4.78 is 4.79. The van der Waals surface area contributed by atoms with Crippen LogP contribution in [0, 0.1) is 0 Å². The highest BCUT2D eigenvalue weighted by molar-refractivity contribution is 5.96. The number of benzene rings is 1. The molecular weight excluding hydrogens is 330 g/mol. The van der Waals surface area contributed by atoms with Crippen molar-refractivity contribution in [1.82, 2.24) is 10.3 Å². The van der Waals surface area contributed by atoms with Crippen molar-refractivity contribution in [2.24, 2.45) is 0 Å². The molecule has 0 unspecified atom stereocenters. The number of carbonyl (C=O) groups excluding carboxylic acids is 2. The van der Waals surface area contributed by atoms with Gasteiger partial charge in [-0.3, -0.25) is 4.79 Å². The summed E-state index contributed by atoms with van der Waals surface area (Å²) in [6, 6.07) is 10.8. The number of methoxy groups -OCH3 is 1. The molecule has 1 saturated carbocycles. The van der Waals surface area contributed by atoms with Crippen molar-refractivity contribution in [3.05, 3.63) is 53.9 Å². The number of amides is 1. The molecule has 1 aromatic heterocycles. The lowest BCUT2D eigenvalue weighted by Gasteiger charge is -2.22. The van der Waals surface area contributed by atoms with Gasteiger partial charge in [-0.2, -0.15) is 0 Å². The van der Waals surface area contributed by atoms with Gasteiger partial charge in [-0.05, 0) is 37.1 Å². The highest BCUT2D eigenvalue weighted by Gasteiger charge is 2.17. The first-order valence-corrected chi connectivity index (χ1v) is 8.88. The Morgan fingerprint density at radius 2 is 1.85 bits per heavy atom. The maximum atomic E-state index is 12.3.